The Morgan fingerprint density at radius 1 is 0.900 bits per heavy atom. The van der Waals surface area contributed by atoms with Crippen molar-refractivity contribution in [1.82, 2.24) is 9.97 Å². The van der Waals surface area contributed by atoms with Gasteiger partial charge in [0.15, 0.2) is 5.82 Å². The van der Waals surface area contributed by atoms with Crippen LogP contribution < -0.4 is 0 Å². The van der Waals surface area contributed by atoms with E-state index in [0.717, 1.165) is 28.8 Å². The fourth-order valence-electron chi connectivity index (χ4n) is 3.04. The molecule has 0 saturated heterocycles. The third-order valence-corrected chi connectivity index (χ3v) is 4.44. The van der Waals surface area contributed by atoms with Crippen molar-refractivity contribution in [2.45, 2.75) is 45.4 Å². The van der Waals surface area contributed by atoms with Crippen LogP contribution >= 0.6 is 0 Å². The molecular formula is C18H22N2. The zero-order valence-electron chi connectivity index (χ0n) is 12.3. The van der Waals surface area contributed by atoms with Gasteiger partial charge < -0.3 is 0 Å². The summed E-state index contributed by atoms with van der Waals surface area (Å²) in [4.78, 5) is 8.78. The summed E-state index contributed by atoms with van der Waals surface area (Å²) in [7, 11) is 0. The van der Waals surface area contributed by atoms with Gasteiger partial charge in [0.2, 0.25) is 0 Å². The molecule has 1 heterocycles. The molecule has 0 unspecified atom stereocenters. The standard InChI is InChI=1S/C18H22N2/c1-13-3-5-15(6-4-13)16-7-9-17(10-8-16)18-19-11-14(2)12-20-18/h7-13,15H,3-6H2,1-2H3. The summed E-state index contributed by atoms with van der Waals surface area (Å²) < 4.78 is 0. The minimum Gasteiger partial charge on any atom is -0.236 e. The molecule has 1 aliphatic rings. The Labute approximate surface area is 121 Å². The second-order valence-electron chi connectivity index (χ2n) is 6.16. The van der Waals surface area contributed by atoms with Gasteiger partial charge in [-0.05, 0) is 42.7 Å². The molecule has 1 aliphatic carbocycles. The number of aromatic nitrogens is 2. The van der Waals surface area contributed by atoms with Gasteiger partial charge in [0.1, 0.15) is 0 Å². The van der Waals surface area contributed by atoms with Gasteiger partial charge in [0.05, 0.1) is 0 Å². The average molecular weight is 266 g/mol. The molecule has 0 bridgehead atoms. The van der Waals surface area contributed by atoms with Gasteiger partial charge in [-0.1, -0.05) is 44.0 Å². The van der Waals surface area contributed by atoms with Crippen LogP contribution in [0.3, 0.4) is 0 Å². The van der Waals surface area contributed by atoms with Crippen molar-refractivity contribution in [3.05, 3.63) is 47.8 Å². The van der Waals surface area contributed by atoms with E-state index in [4.69, 9.17) is 0 Å². The van der Waals surface area contributed by atoms with Gasteiger partial charge in [-0.2, -0.15) is 0 Å². The highest BCUT2D eigenvalue weighted by atomic mass is 14.9. The quantitative estimate of drug-likeness (QED) is 0.784. The summed E-state index contributed by atoms with van der Waals surface area (Å²) in [5, 5.41) is 0. The minimum atomic E-state index is 0.749. The molecule has 2 nitrogen and oxygen atoms in total. The van der Waals surface area contributed by atoms with Crippen molar-refractivity contribution >= 4 is 0 Å². The zero-order valence-corrected chi connectivity index (χ0v) is 12.3. The first-order valence-corrected chi connectivity index (χ1v) is 7.61. The van der Waals surface area contributed by atoms with Crippen LogP contribution in [0.5, 0.6) is 0 Å². The third-order valence-electron chi connectivity index (χ3n) is 4.44. The van der Waals surface area contributed by atoms with E-state index in [1.54, 1.807) is 0 Å². The Hall–Kier alpha value is -1.70. The van der Waals surface area contributed by atoms with Crippen molar-refractivity contribution in [3.8, 4) is 11.4 Å². The first-order valence-electron chi connectivity index (χ1n) is 7.61. The smallest absolute Gasteiger partial charge is 0.159 e. The molecule has 0 atom stereocenters. The van der Waals surface area contributed by atoms with Gasteiger partial charge in [-0.3, -0.25) is 0 Å². The van der Waals surface area contributed by atoms with Crippen LogP contribution in [-0.2, 0) is 0 Å². The molecule has 1 aromatic carbocycles. The fourth-order valence-corrected chi connectivity index (χ4v) is 3.04. The highest BCUT2D eigenvalue weighted by Crippen LogP contribution is 2.35. The van der Waals surface area contributed by atoms with Crippen molar-refractivity contribution in [3.63, 3.8) is 0 Å². The molecule has 1 aromatic heterocycles. The number of benzene rings is 1. The van der Waals surface area contributed by atoms with E-state index in [9.17, 15) is 0 Å². The van der Waals surface area contributed by atoms with E-state index in [0.29, 0.717) is 0 Å². The second kappa shape index (κ2) is 5.74. The van der Waals surface area contributed by atoms with Crippen LogP contribution in [0.2, 0.25) is 0 Å². The molecule has 104 valence electrons. The first-order chi connectivity index (χ1) is 9.72. The van der Waals surface area contributed by atoms with Crippen LogP contribution in [0.4, 0.5) is 0 Å². The molecule has 0 spiro atoms. The SMILES string of the molecule is Cc1cnc(-c2ccc(C3CCC(C)CC3)cc2)nc1. The summed E-state index contributed by atoms with van der Waals surface area (Å²) in [6.45, 7) is 4.38. The third kappa shape index (κ3) is 2.90. The highest BCUT2D eigenvalue weighted by Gasteiger charge is 2.19. The van der Waals surface area contributed by atoms with Gasteiger partial charge in [-0.15, -0.1) is 0 Å². The number of aryl methyl sites for hydroxylation is 1. The lowest BCUT2D eigenvalue weighted by Crippen LogP contribution is -2.10. The maximum absolute atomic E-state index is 4.39. The molecular weight excluding hydrogens is 244 g/mol. The summed E-state index contributed by atoms with van der Waals surface area (Å²) in [6, 6.07) is 8.86. The van der Waals surface area contributed by atoms with Gasteiger partial charge in [0, 0.05) is 18.0 Å². The predicted molar refractivity (Wildman–Crippen MR) is 82.6 cm³/mol. The highest BCUT2D eigenvalue weighted by molar-refractivity contribution is 5.55. The molecule has 0 radical (unpaired) electrons. The lowest BCUT2D eigenvalue weighted by molar-refractivity contribution is 0.348. The second-order valence-corrected chi connectivity index (χ2v) is 6.16. The normalized spacial score (nSPS) is 22.7. The summed E-state index contributed by atoms with van der Waals surface area (Å²) in [5.41, 5.74) is 3.69. The van der Waals surface area contributed by atoms with E-state index >= 15 is 0 Å². The molecule has 20 heavy (non-hydrogen) atoms. The summed E-state index contributed by atoms with van der Waals surface area (Å²) in [5.74, 6) is 2.48. The van der Waals surface area contributed by atoms with Crippen LogP contribution in [0, 0.1) is 12.8 Å². The molecule has 1 fully saturated rings. The summed E-state index contributed by atoms with van der Waals surface area (Å²) in [6.07, 6.45) is 9.15. The van der Waals surface area contributed by atoms with E-state index < -0.39 is 0 Å². The monoisotopic (exact) mass is 266 g/mol. The summed E-state index contributed by atoms with van der Waals surface area (Å²) >= 11 is 0. The van der Waals surface area contributed by atoms with Crippen molar-refractivity contribution < 1.29 is 0 Å². The van der Waals surface area contributed by atoms with Gasteiger partial charge in [0.25, 0.3) is 0 Å². The molecule has 0 N–H and O–H groups in total. The number of nitrogens with zero attached hydrogens (tertiary/aromatic N) is 2. The molecule has 2 heteroatoms. The Bertz CT molecular complexity index is 549. The number of rotatable bonds is 2. The van der Waals surface area contributed by atoms with Gasteiger partial charge >= 0.3 is 0 Å². The lowest BCUT2D eigenvalue weighted by Gasteiger charge is -2.26. The maximum Gasteiger partial charge on any atom is 0.159 e. The predicted octanol–water partition coefficient (Wildman–Crippen LogP) is 4.75. The minimum absolute atomic E-state index is 0.749. The number of hydrogen-bond donors (Lipinski definition) is 0. The van der Waals surface area contributed by atoms with Crippen LogP contribution in [0.25, 0.3) is 11.4 Å². The van der Waals surface area contributed by atoms with Gasteiger partial charge in [-0.25, -0.2) is 9.97 Å². The Kier molecular flexibility index (Phi) is 3.81. The average Bonchev–Trinajstić information content (AvgIpc) is 2.49. The fraction of sp³-hybridized carbons (Fsp3) is 0.444. The topological polar surface area (TPSA) is 25.8 Å². The van der Waals surface area contributed by atoms with Crippen molar-refractivity contribution in [2.75, 3.05) is 0 Å². The van der Waals surface area contributed by atoms with E-state index in [2.05, 4.69) is 41.2 Å². The van der Waals surface area contributed by atoms with Crippen LogP contribution in [0.15, 0.2) is 36.7 Å². The van der Waals surface area contributed by atoms with Crippen LogP contribution in [0.1, 0.15) is 49.7 Å². The Morgan fingerprint density at radius 3 is 2.10 bits per heavy atom. The first kappa shape index (κ1) is 13.3. The number of hydrogen-bond acceptors (Lipinski definition) is 2. The van der Waals surface area contributed by atoms with Crippen LogP contribution in [-0.4, -0.2) is 9.97 Å². The zero-order chi connectivity index (χ0) is 13.9. The Morgan fingerprint density at radius 2 is 1.50 bits per heavy atom. The lowest BCUT2D eigenvalue weighted by atomic mass is 9.79. The maximum atomic E-state index is 4.39. The molecule has 3 rings (SSSR count). The van der Waals surface area contributed by atoms with E-state index in [1.807, 2.05) is 19.3 Å². The molecule has 2 aromatic rings. The molecule has 0 amide bonds. The Balaban J connectivity index is 1.76. The van der Waals surface area contributed by atoms with Crippen molar-refractivity contribution in [1.29, 1.82) is 0 Å². The molecule has 1 saturated carbocycles. The van der Waals surface area contributed by atoms with E-state index in [1.165, 1.54) is 31.2 Å². The van der Waals surface area contributed by atoms with Crippen molar-refractivity contribution in [2.24, 2.45) is 5.92 Å². The molecule has 0 aliphatic heterocycles. The largest absolute Gasteiger partial charge is 0.236 e. The van der Waals surface area contributed by atoms with E-state index in [-0.39, 0.29) is 0 Å².